The third kappa shape index (κ3) is 3.44. The molecule has 2 N–H and O–H groups in total. The van der Waals surface area contributed by atoms with Gasteiger partial charge in [-0.15, -0.1) is 0 Å². The summed E-state index contributed by atoms with van der Waals surface area (Å²) in [5.41, 5.74) is 0. The van der Waals surface area contributed by atoms with Crippen LogP contribution in [-0.4, -0.2) is 61.9 Å². The van der Waals surface area contributed by atoms with Gasteiger partial charge in [0.2, 0.25) is 0 Å². The Morgan fingerprint density at radius 2 is 2.13 bits per heavy atom. The van der Waals surface area contributed by atoms with Crippen LogP contribution < -0.4 is 5.32 Å². The maximum Gasteiger partial charge on any atom is 0.321 e. The fraction of sp³-hybridized carbons (Fsp3) is 0.900. The number of carboxylic acid groups (broad SMARTS) is 1. The van der Waals surface area contributed by atoms with Gasteiger partial charge in [0, 0.05) is 39.2 Å². The van der Waals surface area contributed by atoms with E-state index in [-0.39, 0.29) is 5.92 Å². The van der Waals surface area contributed by atoms with Gasteiger partial charge in [-0.05, 0) is 0 Å². The van der Waals surface area contributed by atoms with Crippen molar-refractivity contribution in [3.8, 4) is 0 Å². The Kier molecular flexibility index (Phi) is 5.01. The first-order valence-corrected chi connectivity index (χ1v) is 5.33. The molecule has 0 aromatic rings. The van der Waals surface area contributed by atoms with Crippen LogP contribution in [0.5, 0.6) is 0 Å². The van der Waals surface area contributed by atoms with Crippen LogP contribution in [0, 0.1) is 5.92 Å². The molecule has 0 saturated carbocycles. The minimum absolute atomic E-state index is 0.0191. The molecule has 0 aromatic carbocycles. The molecule has 0 spiro atoms. The molecule has 1 fully saturated rings. The summed E-state index contributed by atoms with van der Waals surface area (Å²) < 4.78 is 5.02. The SMILES string of the molecule is COCC(C)C(C(=O)O)N1CCNCC1. The van der Waals surface area contributed by atoms with Gasteiger partial charge in [-0.1, -0.05) is 6.92 Å². The summed E-state index contributed by atoms with van der Waals surface area (Å²) in [4.78, 5) is 13.2. The van der Waals surface area contributed by atoms with E-state index < -0.39 is 12.0 Å². The molecule has 2 unspecified atom stereocenters. The topological polar surface area (TPSA) is 61.8 Å². The van der Waals surface area contributed by atoms with Gasteiger partial charge < -0.3 is 15.2 Å². The van der Waals surface area contributed by atoms with Crippen LogP contribution in [-0.2, 0) is 9.53 Å². The molecule has 88 valence electrons. The molecule has 1 rings (SSSR count). The number of ether oxygens (including phenoxy) is 1. The number of methoxy groups -OCH3 is 1. The number of piperazine rings is 1. The molecule has 5 nitrogen and oxygen atoms in total. The molecule has 1 aliphatic heterocycles. The van der Waals surface area contributed by atoms with Crippen molar-refractivity contribution < 1.29 is 14.6 Å². The molecule has 2 atom stereocenters. The molecule has 0 radical (unpaired) electrons. The Morgan fingerprint density at radius 1 is 1.53 bits per heavy atom. The molecule has 0 aliphatic carbocycles. The summed E-state index contributed by atoms with van der Waals surface area (Å²) in [6.07, 6.45) is 0. The van der Waals surface area contributed by atoms with Crippen molar-refractivity contribution in [1.29, 1.82) is 0 Å². The van der Waals surface area contributed by atoms with Crippen molar-refractivity contribution in [2.45, 2.75) is 13.0 Å². The van der Waals surface area contributed by atoms with Crippen molar-refractivity contribution in [3.63, 3.8) is 0 Å². The monoisotopic (exact) mass is 216 g/mol. The lowest BCUT2D eigenvalue weighted by Crippen LogP contribution is -2.54. The molecule has 1 saturated heterocycles. The smallest absolute Gasteiger partial charge is 0.321 e. The van der Waals surface area contributed by atoms with Gasteiger partial charge in [-0.3, -0.25) is 9.69 Å². The number of nitrogens with zero attached hydrogens (tertiary/aromatic N) is 1. The maximum absolute atomic E-state index is 11.2. The van der Waals surface area contributed by atoms with Crippen LogP contribution in [0.3, 0.4) is 0 Å². The van der Waals surface area contributed by atoms with E-state index in [0.29, 0.717) is 6.61 Å². The molecule has 1 aliphatic rings. The second-order valence-electron chi connectivity index (χ2n) is 4.00. The van der Waals surface area contributed by atoms with E-state index in [9.17, 15) is 9.90 Å². The first-order valence-electron chi connectivity index (χ1n) is 5.33. The zero-order valence-electron chi connectivity index (χ0n) is 9.40. The second kappa shape index (κ2) is 6.05. The Hall–Kier alpha value is -0.650. The Bertz CT molecular complexity index is 205. The summed E-state index contributed by atoms with van der Waals surface area (Å²) in [5, 5.41) is 12.4. The van der Waals surface area contributed by atoms with Crippen molar-refractivity contribution in [2.24, 2.45) is 5.92 Å². The summed E-state index contributed by atoms with van der Waals surface area (Å²) >= 11 is 0. The van der Waals surface area contributed by atoms with Crippen LogP contribution in [0.1, 0.15) is 6.92 Å². The second-order valence-corrected chi connectivity index (χ2v) is 4.00. The zero-order valence-corrected chi connectivity index (χ0v) is 9.40. The Labute approximate surface area is 90.4 Å². The van der Waals surface area contributed by atoms with Gasteiger partial charge >= 0.3 is 5.97 Å². The fourth-order valence-electron chi connectivity index (χ4n) is 2.07. The predicted octanol–water partition coefficient (Wildman–Crippen LogP) is -0.373. The lowest BCUT2D eigenvalue weighted by molar-refractivity contribution is -0.146. The maximum atomic E-state index is 11.2. The van der Waals surface area contributed by atoms with Gasteiger partial charge in [0.05, 0.1) is 6.61 Å². The van der Waals surface area contributed by atoms with Crippen LogP contribution >= 0.6 is 0 Å². The van der Waals surface area contributed by atoms with E-state index >= 15 is 0 Å². The van der Waals surface area contributed by atoms with E-state index in [1.165, 1.54) is 0 Å². The van der Waals surface area contributed by atoms with Gasteiger partial charge in [-0.25, -0.2) is 0 Å². The summed E-state index contributed by atoms with van der Waals surface area (Å²) in [5.74, 6) is -0.730. The molecule has 15 heavy (non-hydrogen) atoms. The first kappa shape index (κ1) is 12.4. The van der Waals surface area contributed by atoms with E-state index in [4.69, 9.17) is 4.74 Å². The van der Waals surface area contributed by atoms with Gasteiger partial charge in [0.1, 0.15) is 6.04 Å². The molecule has 0 bridgehead atoms. The largest absolute Gasteiger partial charge is 0.480 e. The fourth-order valence-corrected chi connectivity index (χ4v) is 2.07. The van der Waals surface area contributed by atoms with E-state index in [1.54, 1.807) is 7.11 Å². The minimum Gasteiger partial charge on any atom is -0.480 e. The third-order valence-electron chi connectivity index (χ3n) is 2.77. The summed E-state index contributed by atoms with van der Waals surface area (Å²) in [6.45, 7) is 5.73. The normalized spacial score (nSPS) is 22.3. The third-order valence-corrected chi connectivity index (χ3v) is 2.77. The molecule has 1 heterocycles. The average molecular weight is 216 g/mol. The zero-order chi connectivity index (χ0) is 11.3. The lowest BCUT2D eigenvalue weighted by atomic mass is 10.0. The van der Waals surface area contributed by atoms with Crippen molar-refractivity contribution in [1.82, 2.24) is 10.2 Å². The van der Waals surface area contributed by atoms with Gasteiger partial charge in [0.15, 0.2) is 0 Å². The standard InChI is InChI=1S/C10H20N2O3/c1-8(7-15-2)9(10(13)14)12-5-3-11-4-6-12/h8-9,11H,3-7H2,1-2H3,(H,13,14). The number of carboxylic acids is 1. The quantitative estimate of drug-likeness (QED) is 0.656. The molecular weight excluding hydrogens is 196 g/mol. The number of hydrogen-bond acceptors (Lipinski definition) is 4. The number of rotatable bonds is 5. The highest BCUT2D eigenvalue weighted by Gasteiger charge is 2.31. The summed E-state index contributed by atoms with van der Waals surface area (Å²) in [7, 11) is 1.60. The molecule has 5 heteroatoms. The van der Waals surface area contributed by atoms with Crippen LogP contribution in [0.4, 0.5) is 0 Å². The van der Waals surface area contributed by atoms with E-state index in [2.05, 4.69) is 5.32 Å². The van der Waals surface area contributed by atoms with Crippen LogP contribution in [0.25, 0.3) is 0 Å². The number of nitrogens with one attached hydrogen (secondary N) is 1. The first-order chi connectivity index (χ1) is 7.16. The Balaban J connectivity index is 2.58. The highest BCUT2D eigenvalue weighted by molar-refractivity contribution is 5.73. The highest BCUT2D eigenvalue weighted by Crippen LogP contribution is 2.13. The molecule has 0 amide bonds. The lowest BCUT2D eigenvalue weighted by Gasteiger charge is -2.35. The van der Waals surface area contributed by atoms with Crippen molar-refractivity contribution >= 4 is 5.97 Å². The Morgan fingerprint density at radius 3 is 2.60 bits per heavy atom. The van der Waals surface area contributed by atoms with Crippen molar-refractivity contribution in [3.05, 3.63) is 0 Å². The molecular formula is C10H20N2O3. The minimum atomic E-state index is -0.749. The average Bonchev–Trinajstić information content (AvgIpc) is 2.19. The van der Waals surface area contributed by atoms with Crippen LogP contribution in [0.15, 0.2) is 0 Å². The van der Waals surface area contributed by atoms with Gasteiger partial charge in [-0.2, -0.15) is 0 Å². The predicted molar refractivity (Wildman–Crippen MR) is 56.9 cm³/mol. The highest BCUT2D eigenvalue weighted by atomic mass is 16.5. The summed E-state index contributed by atoms with van der Waals surface area (Å²) in [6, 6.07) is -0.424. The van der Waals surface area contributed by atoms with E-state index in [0.717, 1.165) is 26.2 Å². The van der Waals surface area contributed by atoms with Crippen LogP contribution in [0.2, 0.25) is 0 Å². The number of hydrogen-bond donors (Lipinski definition) is 2. The number of carbonyl (C=O) groups is 1. The van der Waals surface area contributed by atoms with Crippen molar-refractivity contribution in [2.75, 3.05) is 39.9 Å². The van der Waals surface area contributed by atoms with E-state index in [1.807, 2.05) is 11.8 Å². The molecule has 0 aromatic heterocycles. The number of aliphatic carboxylic acids is 1. The van der Waals surface area contributed by atoms with Gasteiger partial charge in [0.25, 0.3) is 0 Å².